The average molecular weight is 401 g/mol. The van der Waals surface area contributed by atoms with Gasteiger partial charge in [0.15, 0.2) is 9.84 Å². The van der Waals surface area contributed by atoms with Gasteiger partial charge in [-0.2, -0.15) is 0 Å². The average Bonchev–Trinajstić information content (AvgIpc) is 2.77. The van der Waals surface area contributed by atoms with E-state index < -0.39 is 39.5 Å². The Morgan fingerprint density at radius 1 is 1.14 bits per heavy atom. The van der Waals surface area contributed by atoms with E-state index >= 15 is 0 Å². The van der Waals surface area contributed by atoms with Crippen LogP contribution in [0.2, 0.25) is 0 Å². The van der Waals surface area contributed by atoms with Crippen LogP contribution in [-0.4, -0.2) is 45.1 Å². The Hall–Kier alpha value is -2.71. The number of nitrogens with one attached hydrogen (secondary N) is 2. The molecule has 2 aromatic rings. The molecule has 1 aliphatic heterocycles. The summed E-state index contributed by atoms with van der Waals surface area (Å²) in [5, 5.41) is 5.38. The zero-order valence-corrected chi connectivity index (χ0v) is 16.6. The first-order valence-electron chi connectivity index (χ1n) is 8.98. The zero-order chi connectivity index (χ0) is 20.3. The van der Waals surface area contributed by atoms with Gasteiger partial charge in [-0.25, -0.2) is 8.42 Å². The summed E-state index contributed by atoms with van der Waals surface area (Å²) in [5.41, 5.74) is 1.19. The van der Waals surface area contributed by atoms with Crippen molar-refractivity contribution < 1.29 is 18.0 Å². The van der Waals surface area contributed by atoms with Gasteiger partial charge < -0.3 is 15.5 Å². The molecule has 2 N–H and O–H groups in total. The Morgan fingerprint density at radius 2 is 1.79 bits per heavy atom. The van der Waals surface area contributed by atoms with E-state index in [-0.39, 0.29) is 11.4 Å². The first-order valence-corrected chi connectivity index (χ1v) is 10.6. The first kappa shape index (κ1) is 20.0. The van der Waals surface area contributed by atoms with Crippen molar-refractivity contribution in [3.05, 3.63) is 60.2 Å². The number of sulfone groups is 1. The molecule has 0 bridgehead atoms. The number of hydrogen-bond acceptors (Lipinski definition) is 5. The Balaban J connectivity index is 2.03. The molecule has 0 aromatic heterocycles. The highest BCUT2D eigenvalue weighted by Crippen LogP contribution is 2.31. The number of amides is 2. The summed E-state index contributed by atoms with van der Waals surface area (Å²) in [7, 11) is -2.14. The van der Waals surface area contributed by atoms with Crippen molar-refractivity contribution in [2.24, 2.45) is 0 Å². The predicted octanol–water partition coefficient (Wildman–Crippen LogP) is 1.10. The summed E-state index contributed by atoms with van der Waals surface area (Å²) < 4.78 is 25.8. The number of nitrogens with zero attached hydrogens (tertiary/aromatic N) is 1. The van der Waals surface area contributed by atoms with E-state index in [0.717, 1.165) is 5.56 Å². The summed E-state index contributed by atoms with van der Waals surface area (Å²) in [6, 6.07) is 14.0. The monoisotopic (exact) mass is 401 g/mol. The third kappa shape index (κ3) is 4.07. The fourth-order valence-electron chi connectivity index (χ4n) is 3.09. The maximum atomic E-state index is 13.3. The molecule has 0 spiro atoms. The smallest absolute Gasteiger partial charge is 0.250 e. The summed E-state index contributed by atoms with van der Waals surface area (Å²) in [4.78, 5) is 27.1. The molecule has 2 aromatic carbocycles. The number of benzene rings is 2. The highest BCUT2D eigenvalue weighted by molar-refractivity contribution is 7.91. The SMILES string of the molecule is CNC(C)C(=O)NC1CS(=O)(=O)c2ccccc2N(Cc2ccccc2)C1=O. The van der Waals surface area contributed by atoms with Crippen LogP contribution >= 0.6 is 0 Å². The van der Waals surface area contributed by atoms with Gasteiger partial charge in [0.05, 0.1) is 28.9 Å². The van der Waals surface area contributed by atoms with Gasteiger partial charge in [0.1, 0.15) is 6.04 Å². The van der Waals surface area contributed by atoms with E-state index in [9.17, 15) is 18.0 Å². The molecule has 1 aliphatic rings. The van der Waals surface area contributed by atoms with Gasteiger partial charge >= 0.3 is 0 Å². The van der Waals surface area contributed by atoms with Gasteiger partial charge in [0, 0.05) is 0 Å². The molecule has 8 heteroatoms. The predicted molar refractivity (Wildman–Crippen MR) is 107 cm³/mol. The highest BCUT2D eigenvalue weighted by atomic mass is 32.2. The van der Waals surface area contributed by atoms with E-state index in [0.29, 0.717) is 5.69 Å². The molecule has 0 aliphatic carbocycles. The minimum absolute atomic E-state index is 0.0951. The number of rotatable bonds is 5. The Bertz CT molecular complexity index is 976. The fraction of sp³-hybridized carbons (Fsp3) is 0.300. The summed E-state index contributed by atoms with van der Waals surface area (Å²) in [6.07, 6.45) is 0. The van der Waals surface area contributed by atoms with Crippen LogP contribution in [0.3, 0.4) is 0 Å². The van der Waals surface area contributed by atoms with Crippen molar-refractivity contribution in [1.82, 2.24) is 10.6 Å². The molecule has 3 rings (SSSR count). The van der Waals surface area contributed by atoms with Crippen molar-refractivity contribution in [2.75, 3.05) is 17.7 Å². The number of hydrogen-bond donors (Lipinski definition) is 2. The Labute approximate surface area is 164 Å². The van der Waals surface area contributed by atoms with Crippen LogP contribution in [0.4, 0.5) is 5.69 Å². The second-order valence-electron chi connectivity index (χ2n) is 6.73. The third-order valence-electron chi connectivity index (χ3n) is 4.77. The van der Waals surface area contributed by atoms with Crippen molar-refractivity contribution in [3.8, 4) is 0 Å². The van der Waals surface area contributed by atoms with Gasteiger partial charge in [0.25, 0.3) is 5.91 Å². The molecule has 0 saturated heterocycles. The summed E-state index contributed by atoms with van der Waals surface area (Å²) in [5.74, 6) is -1.35. The lowest BCUT2D eigenvalue weighted by Gasteiger charge is -2.26. The topological polar surface area (TPSA) is 95.6 Å². The molecule has 2 amide bonds. The molecular weight excluding hydrogens is 378 g/mol. The van der Waals surface area contributed by atoms with E-state index in [1.807, 2.05) is 30.3 Å². The van der Waals surface area contributed by atoms with Gasteiger partial charge in [-0.15, -0.1) is 0 Å². The van der Waals surface area contributed by atoms with Crippen molar-refractivity contribution in [3.63, 3.8) is 0 Å². The van der Waals surface area contributed by atoms with E-state index in [1.165, 1.54) is 11.0 Å². The number of likely N-dealkylation sites (N-methyl/N-ethyl adjacent to an activating group) is 1. The van der Waals surface area contributed by atoms with Gasteiger partial charge in [-0.05, 0) is 31.7 Å². The molecule has 2 unspecified atom stereocenters. The molecule has 0 fully saturated rings. The first-order chi connectivity index (χ1) is 13.3. The molecule has 1 heterocycles. The van der Waals surface area contributed by atoms with Crippen LogP contribution in [0.15, 0.2) is 59.5 Å². The maximum Gasteiger partial charge on any atom is 0.250 e. The van der Waals surface area contributed by atoms with Crippen LogP contribution < -0.4 is 15.5 Å². The number of fused-ring (bicyclic) bond motifs is 1. The second kappa shape index (κ2) is 8.12. The second-order valence-corrected chi connectivity index (χ2v) is 8.73. The van der Waals surface area contributed by atoms with Gasteiger partial charge in [-0.3, -0.25) is 9.59 Å². The quantitative estimate of drug-likeness (QED) is 0.782. The molecule has 28 heavy (non-hydrogen) atoms. The lowest BCUT2D eigenvalue weighted by atomic mass is 10.1. The molecule has 7 nitrogen and oxygen atoms in total. The third-order valence-corrected chi connectivity index (χ3v) is 6.56. The molecule has 148 valence electrons. The fourth-order valence-corrected chi connectivity index (χ4v) is 4.72. The van der Waals surface area contributed by atoms with Crippen LogP contribution in [-0.2, 0) is 26.0 Å². The number of anilines is 1. The molecule has 0 saturated carbocycles. The van der Waals surface area contributed by atoms with Crippen LogP contribution in [0.5, 0.6) is 0 Å². The van der Waals surface area contributed by atoms with Crippen LogP contribution in [0.25, 0.3) is 0 Å². The molecular formula is C20H23N3O4S. The van der Waals surface area contributed by atoms with E-state index in [1.54, 1.807) is 32.2 Å². The van der Waals surface area contributed by atoms with Gasteiger partial charge in [0.2, 0.25) is 5.91 Å². The van der Waals surface area contributed by atoms with Crippen molar-refractivity contribution in [2.45, 2.75) is 30.4 Å². The Morgan fingerprint density at radius 3 is 2.46 bits per heavy atom. The maximum absolute atomic E-state index is 13.3. The van der Waals surface area contributed by atoms with E-state index in [4.69, 9.17) is 0 Å². The van der Waals surface area contributed by atoms with E-state index in [2.05, 4.69) is 10.6 Å². The minimum Gasteiger partial charge on any atom is -0.342 e. The molecule has 2 atom stereocenters. The number of carbonyl (C=O) groups excluding carboxylic acids is 2. The normalized spacial score (nSPS) is 19.4. The van der Waals surface area contributed by atoms with Crippen LogP contribution in [0.1, 0.15) is 12.5 Å². The summed E-state index contributed by atoms with van der Waals surface area (Å²) in [6.45, 7) is 1.85. The Kier molecular flexibility index (Phi) is 5.81. The summed E-state index contributed by atoms with van der Waals surface area (Å²) >= 11 is 0. The molecule has 0 radical (unpaired) electrons. The minimum atomic E-state index is -3.76. The van der Waals surface area contributed by atoms with Gasteiger partial charge in [-0.1, -0.05) is 42.5 Å². The highest BCUT2D eigenvalue weighted by Gasteiger charge is 2.38. The zero-order valence-electron chi connectivity index (χ0n) is 15.8. The van der Waals surface area contributed by atoms with Crippen molar-refractivity contribution in [1.29, 1.82) is 0 Å². The number of para-hydroxylation sites is 1. The lowest BCUT2D eigenvalue weighted by Crippen LogP contribution is -2.54. The van der Waals surface area contributed by atoms with Crippen molar-refractivity contribution >= 4 is 27.3 Å². The lowest BCUT2D eigenvalue weighted by molar-refractivity contribution is -0.128. The standard InChI is InChI=1S/C20H23N3O4S/c1-14(21-2)19(24)22-16-13-28(26,27)18-11-7-6-10-17(18)23(20(16)25)12-15-8-4-3-5-9-15/h3-11,14,16,21H,12-13H2,1-2H3,(H,22,24). The van der Waals surface area contributed by atoms with Crippen LogP contribution in [0, 0.1) is 0 Å². The number of carbonyl (C=O) groups is 2. The largest absolute Gasteiger partial charge is 0.342 e.